The summed E-state index contributed by atoms with van der Waals surface area (Å²) in [5.41, 5.74) is 4.57. The van der Waals surface area contributed by atoms with Gasteiger partial charge in [0.25, 0.3) is 0 Å². The second-order valence-electron chi connectivity index (χ2n) is 6.67. The predicted octanol–water partition coefficient (Wildman–Crippen LogP) is 1.64. The molecule has 0 fully saturated rings. The van der Waals surface area contributed by atoms with E-state index in [-0.39, 0.29) is 12.5 Å². The lowest BCUT2D eigenvalue weighted by molar-refractivity contribution is -0.124. The maximum absolute atomic E-state index is 11.5. The lowest BCUT2D eigenvalue weighted by atomic mass is 10.1. The molecule has 2 aromatic heterocycles. The van der Waals surface area contributed by atoms with Crippen molar-refractivity contribution in [2.75, 3.05) is 20.3 Å². The summed E-state index contributed by atoms with van der Waals surface area (Å²) in [6.07, 6.45) is 1.97. The van der Waals surface area contributed by atoms with E-state index in [1.54, 1.807) is 0 Å². The van der Waals surface area contributed by atoms with E-state index >= 15 is 0 Å². The van der Waals surface area contributed by atoms with Gasteiger partial charge in [0.1, 0.15) is 6.61 Å². The van der Waals surface area contributed by atoms with Crippen LogP contribution in [0.15, 0.2) is 36.5 Å². The van der Waals surface area contributed by atoms with Crippen molar-refractivity contribution >= 4 is 16.8 Å². The summed E-state index contributed by atoms with van der Waals surface area (Å²) in [5.74, 6) is -0.125. The molecule has 1 aromatic carbocycles. The van der Waals surface area contributed by atoms with Crippen LogP contribution in [0.4, 0.5) is 0 Å². The fraction of sp³-hybridized carbons (Fsp3) is 0.368. The molecule has 0 atom stereocenters. The summed E-state index contributed by atoms with van der Waals surface area (Å²) in [5, 5.41) is 8.66. The van der Waals surface area contributed by atoms with Gasteiger partial charge in [-0.3, -0.25) is 14.4 Å². The quantitative estimate of drug-likeness (QED) is 0.706. The highest BCUT2D eigenvalue weighted by Crippen LogP contribution is 2.19. The Morgan fingerprint density at radius 1 is 1.31 bits per heavy atom. The molecule has 3 aromatic rings. The number of fused-ring (bicyclic) bond motifs is 2. The fourth-order valence-corrected chi connectivity index (χ4v) is 3.43. The van der Waals surface area contributed by atoms with Gasteiger partial charge in [-0.1, -0.05) is 6.07 Å². The minimum Gasteiger partial charge on any atom is -0.375 e. The van der Waals surface area contributed by atoms with Gasteiger partial charge in [0.15, 0.2) is 0 Å². The van der Waals surface area contributed by atoms with Gasteiger partial charge in [0.05, 0.1) is 24.5 Å². The van der Waals surface area contributed by atoms with Crippen molar-refractivity contribution in [2.45, 2.75) is 26.2 Å². The Morgan fingerprint density at radius 3 is 3.12 bits per heavy atom. The van der Waals surface area contributed by atoms with E-state index in [1.807, 2.05) is 10.9 Å². The van der Waals surface area contributed by atoms with Gasteiger partial charge < -0.3 is 15.0 Å². The lowest BCUT2D eigenvalue weighted by Crippen LogP contribution is -2.33. The molecule has 7 heteroatoms. The normalized spacial score (nSPS) is 14.5. The Labute approximate surface area is 151 Å². The SMILES string of the molecule is COCC(=O)NCc1cc2n(n1)CCN(Cc1ccc3[nH]ccc3c1)C2. The van der Waals surface area contributed by atoms with E-state index in [9.17, 15) is 4.79 Å². The second-order valence-corrected chi connectivity index (χ2v) is 6.67. The van der Waals surface area contributed by atoms with E-state index < -0.39 is 0 Å². The van der Waals surface area contributed by atoms with E-state index in [0.29, 0.717) is 6.54 Å². The Morgan fingerprint density at radius 2 is 2.23 bits per heavy atom. The summed E-state index contributed by atoms with van der Waals surface area (Å²) >= 11 is 0. The number of rotatable bonds is 6. The Kier molecular flexibility index (Phi) is 4.73. The van der Waals surface area contributed by atoms with E-state index in [4.69, 9.17) is 4.74 Å². The van der Waals surface area contributed by atoms with Crippen LogP contribution in [0.2, 0.25) is 0 Å². The topological polar surface area (TPSA) is 75.2 Å². The van der Waals surface area contributed by atoms with Gasteiger partial charge in [0.2, 0.25) is 5.91 Å². The first kappa shape index (κ1) is 16.8. The number of carbonyl (C=O) groups is 1. The molecular weight excluding hydrogens is 330 g/mol. The predicted molar refractivity (Wildman–Crippen MR) is 98.4 cm³/mol. The Balaban J connectivity index is 1.38. The van der Waals surface area contributed by atoms with E-state index in [0.717, 1.165) is 31.9 Å². The number of nitrogens with zero attached hydrogens (tertiary/aromatic N) is 3. The third-order valence-electron chi connectivity index (χ3n) is 4.69. The summed E-state index contributed by atoms with van der Waals surface area (Å²) in [4.78, 5) is 17.2. The van der Waals surface area contributed by atoms with Crippen LogP contribution in [0, 0.1) is 0 Å². The number of amides is 1. The van der Waals surface area contributed by atoms with Crippen LogP contribution < -0.4 is 5.32 Å². The fourth-order valence-electron chi connectivity index (χ4n) is 3.43. The highest BCUT2D eigenvalue weighted by molar-refractivity contribution is 5.79. The van der Waals surface area contributed by atoms with Crippen molar-refractivity contribution in [3.05, 3.63) is 53.5 Å². The van der Waals surface area contributed by atoms with Crippen LogP contribution in [0.3, 0.4) is 0 Å². The summed E-state index contributed by atoms with van der Waals surface area (Å²) in [6, 6.07) is 10.7. The number of nitrogens with one attached hydrogen (secondary N) is 2. The number of ether oxygens (including phenoxy) is 1. The lowest BCUT2D eigenvalue weighted by Gasteiger charge is -2.27. The molecule has 0 saturated heterocycles. The molecule has 3 heterocycles. The number of methoxy groups -OCH3 is 1. The van der Waals surface area contributed by atoms with Gasteiger partial charge in [-0.15, -0.1) is 0 Å². The molecule has 2 N–H and O–H groups in total. The summed E-state index contributed by atoms with van der Waals surface area (Å²) < 4.78 is 6.86. The number of hydrogen-bond acceptors (Lipinski definition) is 4. The Bertz CT molecular complexity index is 914. The molecule has 1 aliphatic heterocycles. The van der Waals surface area contributed by atoms with Crippen LogP contribution in [0.1, 0.15) is 17.0 Å². The number of H-pyrrole nitrogens is 1. The van der Waals surface area contributed by atoms with Gasteiger partial charge in [0, 0.05) is 38.5 Å². The molecule has 26 heavy (non-hydrogen) atoms. The first-order valence-corrected chi connectivity index (χ1v) is 8.81. The van der Waals surface area contributed by atoms with Crippen LogP contribution in [-0.4, -0.2) is 45.8 Å². The summed E-state index contributed by atoms with van der Waals surface area (Å²) in [7, 11) is 1.51. The zero-order chi connectivity index (χ0) is 17.9. The molecule has 0 bridgehead atoms. The minimum atomic E-state index is -0.125. The standard InChI is InChI=1S/C19H23N5O2/c1-26-13-19(25)21-10-16-9-17-12-23(6-7-24(17)22-16)11-14-2-3-18-15(8-14)4-5-20-18/h2-5,8-9,20H,6-7,10-13H2,1H3,(H,21,25). The largest absolute Gasteiger partial charge is 0.375 e. The monoisotopic (exact) mass is 353 g/mol. The first-order chi connectivity index (χ1) is 12.7. The average molecular weight is 353 g/mol. The zero-order valence-corrected chi connectivity index (χ0v) is 14.9. The third kappa shape index (κ3) is 3.63. The molecule has 7 nitrogen and oxygen atoms in total. The maximum Gasteiger partial charge on any atom is 0.246 e. The Hall–Kier alpha value is -2.64. The van der Waals surface area contributed by atoms with Crippen LogP contribution in [0.25, 0.3) is 10.9 Å². The molecule has 1 amide bonds. The molecule has 136 valence electrons. The highest BCUT2D eigenvalue weighted by atomic mass is 16.5. The molecule has 0 radical (unpaired) electrons. The van der Waals surface area contributed by atoms with Crippen LogP contribution in [-0.2, 0) is 35.7 Å². The highest BCUT2D eigenvalue weighted by Gasteiger charge is 2.18. The van der Waals surface area contributed by atoms with Crippen molar-refractivity contribution in [1.29, 1.82) is 0 Å². The minimum absolute atomic E-state index is 0.0762. The van der Waals surface area contributed by atoms with E-state index in [1.165, 1.54) is 29.3 Å². The van der Waals surface area contributed by atoms with Crippen molar-refractivity contribution in [3.8, 4) is 0 Å². The van der Waals surface area contributed by atoms with Gasteiger partial charge in [-0.2, -0.15) is 5.10 Å². The zero-order valence-electron chi connectivity index (χ0n) is 14.9. The maximum atomic E-state index is 11.5. The molecule has 0 aliphatic carbocycles. The smallest absolute Gasteiger partial charge is 0.246 e. The first-order valence-electron chi connectivity index (χ1n) is 8.81. The van der Waals surface area contributed by atoms with Crippen molar-refractivity contribution in [2.24, 2.45) is 0 Å². The molecule has 4 rings (SSSR count). The number of hydrogen-bond donors (Lipinski definition) is 2. The molecular formula is C19H23N5O2. The molecule has 1 aliphatic rings. The van der Waals surface area contributed by atoms with Crippen LogP contribution in [0.5, 0.6) is 0 Å². The second kappa shape index (κ2) is 7.31. The number of benzene rings is 1. The van der Waals surface area contributed by atoms with Gasteiger partial charge in [-0.25, -0.2) is 0 Å². The molecule has 0 unspecified atom stereocenters. The molecule has 0 spiro atoms. The van der Waals surface area contributed by atoms with Crippen LogP contribution >= 0.6 is 0 Å². The van der Waals surface area contributed by atoms with Gasteiger partial charge in [-0.05, 0) is 35.2 Å². The number of carbonyl (C=O) groups excluding carboxylic acids is 1. The van der Waals surface area contributed by atoms with Crippen molar-refractivity contribution in [1.82, 2.24) is 25.0 Å². The van der Waals surface area contributed by atoms with Crippen molar-refractivity contribution in [3.63, 3.8) is 0 Å². The molecule has 0 saturated carbocycles. The number of aromatic nitrogens is 3. The summed E-state index contributed by atoms with van der Waals surface area (Å²) in [6.45, 7) is 4.14. The third-order valence-corrected chi connectivity index (χ3v) is 4.69. The van der Waals surface area contributed by atoms with Gasteiger partial charge >= 0.3 is 0 Å². The van der Waals surface area contributed by atoms with Crippen molar-refractivity contribution < 1.29 is 9.53 Å². The average Bonchev–Trinajstić information content (AvgIpc) is 3.25. The van der Waals surface area contributed by atoms with E-state index in [2.05, 4.69) is 50.6 Å². The number of aromatic amines is 1.